The number of thiocarbonyl (C=S) groups is 1. The van der Waals surface area contributed by atoms with E-state index in [-0.39, 0.29) is 0 Å². The molecule has 0 saturated heterocycles. The third kappa shape index (κ3) is 4.08. The van der Waals surface area contributed by atoms with Gasteiger partial charge >= 0.3 is 5.97 Å². The molecule has 1 rings (SSSR count). The number of nitrogens with one attached hydrogen (secondary N) is 1. The zero-order valence-corrected chi connectivity index (χ0v) is 9.25. The number of hydrogen-bond donors (Lipinski definition) is 2. The van der Waals surface area contributed by atoms with E-state index < -0.39 is 12.0 Å². The molecule has 0 amide bonds. The summed E-state index contributed by atoms with van der Waals surface area (Å²) >= 11 is 5.06. The van der Waals surface area contributed by atoms with Crippen LogP contribution in [0.5, 0.6) is 0 Å². The Morgan fingerprint density at radius 3 is 2.60 bits per heavy atom. The number of rotatable bonds is 4. The van der Waals surface area contributed by atoms with Gasteiger partial charge in [-0.15, -0.1) is 0 Å². The molecule has 15 heavy (non-hydrogen) atoms. The highest BCUT2D eigenvalue weighted by Crippen LogP contribution is 2.00. The largest absolute Gasteiger partial charge is 0.480 e. The van der Waals surface area contributed by atoms with Crippen molar-refractivity contribution < 1.29 is 9.90 Å². The Kier molecular flexibility index (Phi) is 4.24. The minimum atomic E-state index is -0.898. The second-order valence-electron chi connectivity index (χ2n) is 3.29. The molecule has 80 valence electrons. The molecule has 3 nitrogen and oxygen atoms in total. The summed E-state index contributed by atoms with van der Waals surface area (Å²) in [4.78, 5) is 11.1. The van der Waals surface area contributed by atoms with Crippen molar-refractivity contribution in [2.75, 3.05) is 0 Å². The lowest BCUT2D eigenvalue weighted by Gasteiger charge is -2.11. The summed E-state index contributed by atoms with van der Waals surface area (Å²) in [5, 5.41) is 11.4. The summed E-state index contributed by atoms with van der Waals surface area (Å²) < 4.78 is 0. The van der Waals surface area contributed by atoms with Crippen molar-refractivity contribution in [3.8, 4) is 0 Å². The summed E-state index contributed by atoms with van der Waals surface area (Å²) in [6, 6.07) is 9.07. The van der Waals surface area contributed by atoms with E-state index in [0.717, 1.165) is 5.56 Å². The molecular formula is C11H13NO2S. The lowest BCUT2D eigenvalue weighted by molar-refractivity contribution is -0.138. The van der Waals surface area contributed by atoms with Gasteiger partial charge in [-0.2, -0.15) is 0 Å². The summed E-state index contributed by atoms with van der Waals surface area (Å²) in [7, 11) is 0. The quantitative estimate of drug-likeness (QED) is 0.762. The molecule has 0 heterocycles. The molecule has 4 heteroatoms. The number of carboxylic acids is 1. The second kappa shape index (κ2) is 5.46. The molecule has 0 radical (unpaired) electrons. The molecule has 0 aliphatic heterocycles. The average molecular weight is 223 g/mol. The first-order valence-electron chi connectivity index (χ1n) is 4.65. The van der Waals surface area contributed by atoms with Crippen molar-refractivity contribution >= 4 is 23.2 Å². The van der Waals surface area contributed by atoms with Crippen LogP contribution in [0.25, 0.3) is 0 Å². The van der Waals surface area contributed by atoms with Crippen molar-refractivity contribution in [1.82, 2.24) is 5.32 Å². The Morgan fingerprint density at radius 2 is 2.07 bits per heavy atom. The van der Waals surface area contributed by atoms with E-state index in [9.17, 15) is 4.79 Å². The fourth-order valence-corrected chi connectivity index (χ4v) is 1.48. The van der Waals surface area contributed by atoms with Gasteiger partial charge in [-0.3, -0.25) is 4.79 Å². The van der Waals surface area contributed by atoms with Gasteiger partial charge < -0.3 is 10.4 Å². The molecule has 0 fully saturated rings. The van der Waals surface area contributed by atoms with Crippen LogP contribution in [0.1, 0.15) is 12.5 Å². The van der Waals surface area contributed by atoms with Crippen molar-refractivity contribution in [2.45, 2.75) is 19.4 Å². The van der Waals surface area contributed by atoms with Crippen LogP contribution in [0, 0.1) is 0 Å². The third-order valence-electron chi connectivity index (χ3n) is 1.96. The zero-order chi connectivity index (χ0) is 11.3. The summed E-state index contributed by atoms with van der Waals surface area (Å²) in [5.74, 6) is -0.898. The number of hydrogen-bond acceptors (Lipinski definition) is 2. The van der Waals surface area contributed by atoms with Gasteiger partial charge in [0.05, 0.1) is 4.99 Å². The van der Waals surface area contributed by atoms with Gasteiger partial charge in [0.25, 0.3) is 0 Å². The predicted octanol–water partition coefficient (Wildman–Crippen LogP) is 1.62. The Balaban J connectivity index is 2.47. The second-order valence-corrected chi connectivity index (χ2v) is 3.78. The van der Waals surface area contributed by atoms with Gasteiger partial charge in [0.15, 0.2) is 0 Å². The van der Waals surface area contributed by atoms with Crippen molar-refractivity contribution in [1.29, 1.82) is 0 Å². The Hall–Kier alpha value is -1.42. The van der Waals surface area contributed by atoms with Gasteiger partial charge in [0, 0.05) is 6.42 Å². The zero-order valence-electron chi connectivity index (χ0n) is 8.43. The first-order valence-corrected chi connectivity index (χ1v) is 5.06. The van der Waals surface area contributed by atoms with E-state index in [2.05, 4.69) is 5.32 Å². The highest BCUT2D eigenvalue weighted by Gasteiger charge is 2.11. The van der Waals surface area contributed by atoms with Crippen molar-refractivity contribution in [3.63, 3.8) is 0 Å². The monoisotopic (exact) mass is 223 g/mol. The lowest BCUT2D eigenvalue weighted by Crippen LogP contribution is -2.38. The van der Waals surface area contributed by atoms with Gasteiger partial charge in [0.1, 0.15) is 6.04 Å². The van der Waals surface area contributed by atoms with Crippen LogP contribution < -0.4 is 5.32 Å². The summed E-state index contributed by atoms with van der Waals surface area (Å²) in [6.07, 6.45) is 0.577. The first-order chi connectivity index (χ1) is 7.09. The SMILES string of the molecule is C[C@H](NC(=S)Cc1ccccc1)C(=O)O. The van der Waals surface area contributed by atoms with E-state index in [1.165, 1.54) is 0 Å². The molecule has 0 saturated carbocycles. The molecule has 0 unspecified atom stereocenters. The minimum Gasteiger partial charge on any atom is -0.480 e. The molecule has 0 aliphatic carbocycles. The van der Waals surface area contributed by atoms with Crippen LogP contribution >= 0.6 is 12.2 Å². The van der Waals surface area contributed by atoms with Crippen molar-refractivity contribution in [3.05, 3.63) is 35.9 Å². The third-order valence-corrected chi connectivity index (χ3v) is 2.22. The van der Waals surface area contributed by atoms with Crippen LogP contribution in [-0.2, 0) is 11.2 Å². The smallest absolute Gasteiger partial charge is 0.325 e. The standard InChI is InChI=1S/C11H13NO2S/c1-8(11(13)14)12-10(15)7-9-5-3-2-4-6-9/h2-6,8H,7H2,1H3,(H,12,15)(H,13,14)/t8-/m0/s1. The Labute approximate surface area is 94.1 Å². The maximum atomic E-state index is 10.6. The van der Waals surface area contributed by atoms with E-state index >= 15 is 0 Å². The minimum absolute atomic E-state index is 0.552. The fourth-order valence-electron chi connectivity index (χ4n) is 1.14. The van der Waals surface area contributed by atoms with Gasteiger partial charge in [-0.25, -0.2) is 0 Å². The maximum Gasteiger partial charge on any atom is 0.325 e. The van der Waals surface area contributed by atoms with E-state index in [0.29, 0.717) is 11.4 Å². The molecule has 0 aliphatic rings. The number of aliphatic carboxylic acids is 1. The molecule has 1 aromatic carbocycles. The number of benzene rings is 1. The normalized spacial score (nSPS) is 11.8. The van der Waals surface area contributed by atoms with E-state index in [1.807, 2.05) is 30.3 Å². The maximum absolute atomic E-state index is 10.6. The molecule has 1 atom stereocenters. The van der Waals surface area contributed by atoms with E-state index in [4.69, 9.17) is 17.3 Å². The summed E-state index contributed by atoms with van der Waals surface area (Å²) in [5.41, 5.74) is 1.08. The van der Waals surface area contributed by atoms with E-state index in [1.54, 1.807) is 6.92 Å². The molecule has 0 aromatic heterocycles. The molecule has 1 aromatic rings. The highest BCUT2D eigenvalue weighted by molar-refractivity contribution is 7.80. The molecule has 0 bridgehead atoms. The lowest BCUT2D eigenvalue weighted by atomic mass is 10.1. The van der Waals surface area contributed by atoms with Crippen LogP contribution in [0.2, 0.25) is 0 Å². The molecule has 2 N–H and O–H groups in total. The Morgan fingerprint density at radius 1 is 1.47 bits per heavy atom. The number of carboxylic acid groups (broad SMARTS) is 1. The number of carbonyl (C=O) groups is 1. The van der Waals surface area contributed by atoms with Gasteiger partial charge in [-0.05, 0) is 12.5 Å². The Bertz CT molecular complexity index is 351. The average Bonchev–Trinajstić information content (AvgIpc) is 2.18. The van der Waals surface area contributed by atoms with Crippen LogP contribution in [0.15, 0.2) is 30.3 Å². The van der Waals surface area contributed by atoms with Crippen LogP contribution in [0.4, 0.5) is 0 Å². The highest BCUT2D eigenvalue weighted by atomic mass is 32.1. The fraction of sp³-hybridized carbons (Fsp3) is 0.273. The molecule has 0 spiro atoms. The predicted molar refractivity (Wildman–Crippen MR) is 63.0 cm³/mol. The van der Waals surface area contributed by atoms with Gasteiger partial charge in [0.2, 0.25) is 0 Å². The van der Waals surface area contributed by atoms with Crippen LogP contribution in [0.3, 0.4) is 0 Å². The summed E-state index contributed by atoms with van der Waals surface area (Å²) in [6.45, 7) is 1.57. The molecular weight excluding hydrogens is 210 g/mol. The van der Waals surface area contributed by atoms with Crippen LogP contribution in [-0.4, -0.2) is 22.1 Å². The van der Waals surface area contributed by atoms with Gasteiger partial charge in [-0.1, -0.05) is 42.5 Å². The van der Waals surface area contributed by atoms with Crippen molar-refractivity contribution in [2.24, 2.45) is 0 Å². The topological polar surface area (TPSA) is 49.3 Å². The first kappa shape index (κ1) is 11.7.